The van der Waals surface area contributed by atoms with Gasteiger partial charge in [0.2, 0.25) is 0 Å². The third kappa shape index (κ3) is 3.99. The van der Waals surface area contributed by atoms with Crippen LogP contribution in [0.5, 0.6) is 5.75 Å². The molecule has 0 amide bonds. The Morgan fingerprint density at radius 1 is 1.30 bits per heavy atom. The zero-order chi connectivity index (χ0) is 16.1. The Balaban J connectivity index is 1.62. The molecule has 2 heterocycles. The minimum atomic E-state index is -0.489. The number of β-amino-alcohol motifs (C(OH)–C–C–N with tert-alkyl or cyclic N) is 1. The van der Waals surface area contributed by atoms with Crippen LogP contribution in [0.2, 0.25) is 0 Å². The average molecular weight is 316 g/mol. The lowest BCUT2D eigenvalue weighted by Gasteiger charge is -2.36. The standard InChI is InChI=1S/C18H24N2O3/c1-2-22-12-11-20-10-8-18(16(21)13-20)23-17-7-3-6-15-14(17)5-4-9-19-15/h3-7,9,16,18,21H,2,8,10-13H2,1H3/t16-,18-/m1/s1. The van der Waals surface area contributed by atoms with Gasteiger partial charge in [-0.05, 0) is 37.6 Å². The molecule has 0 unspecified atom stereocenters. The molecule has 0 bridgehead atoms. The first kappa shape index (κ1) is 16.2. The van der Waals surface area contributed by atoms with Gasteiger partial charge >= 0.3 is 0 Å². The van der Waals surface area contributed by atoms with Crippen molar-refractivity contribution in [1.29, 1.82) is 0 Å². The van der Waals surface area contributed by atoms with E-state index in [1.54, 1.807) is 6.20 Å². The number of likely N-dealkylation sites (tertiary alicyclic amines) is 1. The van der Waals surface area contributed by atoms with E-state index in [0.29, 0.717) is 13.2 Å². The zero-order valence-corrected chi connectivity index (χ0v) is 13.5. The van der Waals surface area contributed by atoms with Gasteiger partial charge in [-0.3, -0.25) is 9.88 Å². The topological polar surface area (TPSA) is 54.8 Å². The summed E-state index contributed by atoms with van der Waals surface area (Å²) >= 11 is 0. The molecule has 1 aromatic carbocycles. The molecule has 1 aliphatic rings. The van der Waals surface area contributed by atoms with Crippen molar-refractivity contribution in [3.05, 3.63) is 36.5 Å². The molecule has 3 rings (SSSR count). The molecule has 0 spiro atoms. The van der Waals surface area contributed by atoms with Crippen molar-refractivity contribution in [3.63, 3.8) is 0 Å². The molecule has 0 radical (unpaired) electrons. The van der Waals surface area contributed by atoms with Crippen LogP contribution in [-0.2, 0) is 4.74 Å². The number of piperidine rings is 1. The largest absolute Gasteiger partial charge is 0.487 e. The molecular formula is C18H24N2O3. The Bertz CT molecular complexity index is 629. The number of hydrogen-bond donors (Lipinski definition) is 1. The van der Waals surface area contributed by atoms with Crippen LogP contribution in [0.15, 0.2) is 36.5 Å². The lowest BCUT2D eigenvalue weighted by atomic mass is 10.0. The fourth-order valence-electron chi connectivity index (χ4n) is 3.00. The van der Waals surface area contributed by atoms with Gasteiger partial charge < -0.3 is 14.6 Å². The highest BCUT2D eigenvalue weighted by atomic mass is 16.5. The van der Waals surface area contributed by atoms with Crippen molar-refractivity contribution >= 4 is 10.9 Å². The van der Waals surface area contributed by atoms with E-state index >= 15 is 0 Å². The highest BCUT2D eigenvalue weighted by Gasteiger charge is 2.29. The number of rotatable bonds is 6. The first-order chi connectivity index (χ1) is 11.3. The van der Waals surface area contributed by atoms with Gasteiger partial charge in [-0.15, -0.1) is 0 Å². The normalized spacial score (nSPS) is 22.3. The second-order valence-electron chi connectivity index (χ2n) is 5.84. The van der Waals surface area contributed by atoms with E-state index in [1.165, 1.54) is 0 Å². The molecule has 1 N–H and O–H groups in total. The minimum Gasteiger partial charge on any atom is -0.487 e. The Labute approximate surface area is 136 Å². The number of aliphatic hydroxyl groups is 1. The molecule has 1 aromatic heterocycles. The highest BCUT2D eigenvalue weighted by Crippen LogP contribution is 2.27. The van der Waals surface area contributed by atoms with E-state index in [2.05, 4.69) is 9.88 Å². The Hall–Kier alpha value is -1.69. The predicted molar refractivity (Wildman–Crippen MR) is 89.7 cm³/mol. The van der Waals surface area contributed by atoms with Crippen molar-refractivity contribution in [2.75, 3.05) is 32.8 Å². The lowest BCUT2D eigenvalue weighted by Crippen LogP contribution is -2.49. The second kappa shape index (κ2) is 7.73. The van der Waals surface area contributed by atoms with Gasteiger partial charge in [0.05, 0.1) is 12.1 Å². The molecule has 23 heavy (non-hydrogen) atoms. The number of pyridine rings is 1. The van der Waals surface area contributed by atoms with Gasteiger partial charge in [-0.2, -0.15) is 0 Å². The summed E-state index contributed by atoms with van der Waals surface area (Å²) in [7, 11) is 0. The van der Waals surface area contributed by atoms with Crippen LogP contribution >= 0.6 is 0 Å². The summed E-state index contributed by atoms with van der Waals surface area (Å²) in [5.74, 6) is 0.794. The van der Waals surface area contributed by atoms with Crippen molar-refractivity contribution in [3.8, 4) is 5.75 Å². The Morgan fingerprint density at radius 3 is 3.04 bits per heavy atom. The van der Waals surface area contributed by atoms with Gasteiger partial charge in [0.25, 0.3) is 0 Å². The summed E-state index contributed by atoms with van der Waals surface area (Å²) in [6.45, 7) is 5.84. The van der Waals surface area contributed by atoms with E-state index in [4.69, 9.17) is 9.47 Å². The number of fused-ring (bicyclic) bond motifs is 1. The highest BCUT2D eigenvalue weighted by molar-refractivity contribution is 5.84. The van der Waals surface area contributed by atoms with Crippen LogP contribution in [0.3, 0.4) is 0 Å². The first-order valence-electron chi connectivity index (χ1n) is 8.26. The molecule has 5 heteroatoms. The fourth-order valence-corrected chi connectivity index (χ4v) is 3.00. The summed E-state index contributed by atoms with van der Waals surface area (Å²) in [4.78, 5) is 6.57. The Morgan fingerprint density at radius 2 is 2.22 bits per heavy atom. The lowest BCUT2D eigenvalue weighted by molar-refractivity contribution is -0.0306. The first-order valence-corrected chi connectivity index (χ1v) is 8.26. The maximum Gasteiger partial charge on any atom is 0.129 e. The van der Waals surface area contributed by atoms with Crippen LogP contribution in [0.25, 0.3) is 10.9 Å². The summed E-state index contributed by atoms with van der Waals surface area (Å²) in [6.07, 6.45) is 1.92. The molecule has 1 saturated heterocycles. The van der Waals surface area contributed by atoms with Gasteiger partial charge in [0.15, 0.2) is 0 Å². The summed E-state index contributed by atoms with van der Waals surface area (Å²) in [5, 5.41) is 11.4. The zero-order valence-electron chi connectivity index (χ0n) is 13.5. The van der Waals surface area contributed by atoms with Gasteiger partial charge in [0, 0.05) is 37.8 Å². The van der Waals surface area contributed by atoms with Gasteiger partial charge in [0.1, 0.15) is 18.0 Å². The van der Waals surface area contributed by atoms with Crippen LogP contribution in [0, 0.1) is 0 Å². The number of aliphatic hydroxyl groups excluding tert-OH is 1. The minimum absolute atomic E-state index is 0.177. The number of nitrogens with zero attached hydrogens (tertiary/aromatic N) is 2. The van der Waals surface area contributed by atoms with E-state index in [0.717, 1.165) is 42.8 Å². The monoisotopic (exact) mass is 316 g/mol. The van der Waals surface area contributed by atoms with Crippen LogP contribution in [0.4, 0.5) is 0 Å². The molecule has 5 nitrogen and oxygen atoms in total. The predicted octanol–water partition coefficient (Wildman–Crippen LogP) is 2.09. The van der Waals surface area contributed by atoms with E-state index in [9.17, 15) is 5.11 Å². The third-order valence-corrected chi connectivity index (χ3v) is 4.24. The van der Waals surface area contributed by atoms with E-state index in [1.807, 2.05) is 37.3 Å². The molecule has 2 aromatic rings. The fraction of sp³-hybridized carbons (Fsp3) is 0.500. The SMILES string of the molecule is CCOCCN1CC[C@@H](Oc2cccc3ncccc23)[C@H](O)C1. The van der Waals surface area contributed by atoms with E-state index in [-0.39, 0.29) is 6.10 Å². The number of ether oxygens (including phenoxy) is 2. The van der Waals surface area contributed by atoms with Crippen LogP contribution in [-0.4, -0.2) is 60.0 Å². The van der Waals surface area contributed by atoms with Crippen molar-refractivity contribution in [1.82, 2.24) is 9.88 Å². The second-order valence-corrected chi connectivity index (χ2v) is 5.84. The van der Waals surface area contributed by atoms with Gasteiger partial charge in [-0.25, -0.2) is 0 Å². The van der Waals surface area contributed by atoms with Crippen molar-refractivity contribution < 1.29 is 14.6 Å². The van der Waals surface area contributed by atoms with Crippen molar-refractivity contribution in [2.24, 2.45) is 0 Å². The van der Waals surface area contributed by atoms with E-state index < -0.39 is 6.10 Å². The number of aromatic nitrogens is 1. The van der Waals surface area contributed by atoms with Gasteiger partial charge in [-0.1, -0.05) is 6.07 Å². The van der Waals surface area contributed by atoms with Crippen LogP contribution < -0.4 is 4.74 Å². The molecule has 0 aliphatic carbocycles. The maximum absolute atomic E-state index is 10.4. The Kier molecular flexibility index (Phi) is 5.43. The molecule has 1 fully saturated rings. The molecule has 1 aliphatic heterocycles. The summed E-state index contributed by atoms with van der Waals surface area (Å²) in [6, 6.07) is 9.75. The molecule has 2 atom stereocenters. The van der Waals surface area contributed by atoms with Crippen molar-refractivity contribution in [2.45, 2.75) is 25.6 Å². The van der Waals surface area contributed by atoms with Crippen LogP contribution in [0.1, 0.15) is 13.3 Å². The summed E-state index contributed by atoms with van der Waals surface area (Å²) < 4.78 is 11.5. The number of benzene rings is 1. The summed E-state index contributed by atoms with van der Waals surface area (Å²) in [5.41, 5.74) is 0.911. The smallest absolute Gasteiger partial charge is 0.129 e. The number of hydrogen-bond acceptors (Lipinski definition) is 5. The molecule has 124 valence electrons. The average Bonchev–Trinajstić information content (AvgIpc) is 2.58. The quantitative estimate of drug-likeness (QED) is 0.827. The molecule has 0 saturated carbocycles. The molecular weight excluding hydrogens is 292 g/mol. The third-order valence-electron chi connectivity index (χ3n) is 4.24. The maximum atomic E-state index is 10.4.